The Morgan fingerprint density at radius 2 is 1.03 bits per heavy atom. The topological polar surface area (TPSA) is 475 Å². The molecule has 105 heavy (non-hydrogen) atoms. The van der Waals surface area contributed by atoms with Crippen LogP contribution in [0.4, 0.5) is 10.5 Å². The molecule has 1 saturated carbocycles. The van der Waals surface area contributed by atoms with E-state index in [9.17, 15) is 72.5 Å². The minimum Gasteiger partial charge on any atom is -0.481 e. The average Bonchev–Trinajstić information content (AvgIpc) is 1.62. The zero-order valence-electron chi connectivity index (χ0n) is 61.3. The van der Waals surface area contributed by atoms with Gasteiger partial charge in [0, 0.05) is 121 Å². The first-order valence-corrected chi connectivity index (χ1v) is 35.0. The normalized spacial score (nSPS) is 23.3. The first-order valence-electron chi connectivity index (χ1n) is 35.0. The van der Waals surface area contributed by atoms with Crippen LogP contribution < -0.4 is 26.6 Å². The van der Waals surface area contributed by atoms with E-state index in [2.05, 4.69) is 26.6 Å². The molecule has 0 bridgehead atoms. The highest BCUT2D eigenvalue weighted by Crippen LogP contribution is 2.46. The summed E-state index contributed by atoms with van der Waals surface area (Å²) in [5, 5.41) is 43.8. The first-order chi connectivity index (χ1) is 49.8. The number of hydrogen-bond donors (Lipinski definition) is 8. The number of likely N-dealkylation sites (tertiary alicyclic amines) is 1. The lowest BCUT2D eigenvalue weighted by molar-refractivity contribution is -0.276. The zero-order chi connectivity index (χ0) is 77.7. The molecule has 12 atom stereocenters. The summed E-state index contributed by atoms with van der Waals surface area (Å²) < 4.78 is 77.1. The van der Waals surface area contributed by atoms with Gasteiger partial charge in [-0.25, -0.2) is 4.79 Å². The summed E-state index contributed by atoms with van der Waals surface area (Å²) in [5.41, 5.74) is -1.32. The third-order valence-corrected chi connectivity index (χ3v) is 17.3. The molecule has 1 aliphatic carbocycles. The molecule has 4 rings (SSSR count). The Hall–Kier alpha value is -8.23. The van der Waals surface area contributed by atoms with Crippen LogP contribution in [0.1, 0.15) is 147 Å². The molecule has 1 aromatic rings. The summed E-state index contributed by atoms with van der Waals surface area (Å²) >= 11 is 0. The number of aliphatic hydroxyl groups is 2. The Morgan fingerprint density at radius 3 is 1.57 bits per heavy atom. The number of aliphatic hydroxyl groups excluding tert-OH is 2. The number of unbranched alkanes of at least 4 members (excludes halogenated alkanes) is 5. The maximum absolute atomic E-state index is 13.6. The summed E-state index contributed by atoms with van der Waals surface area (Å²) in [4.78, 5) is 162. The Labute approximate surface area is 609 Å². The lowest BCUT2D eigenvalue weighted by atomic mass is 9.69. The molecule has 36 heteroatoms. The number of nitrogens with one attached hydrogen (secondary N) is 5. The van der Waals surface area contributed by atoms with Crippen molar-refractivity contribution in [2.75, 3.05) is 131 Å². The molecule has 4 unspecified atom stereocenters. The largest absolute Gasteiger partial charge is 0.508 e. The quantitative estimate of drug-likeness (QED) is 0.0258. The van der Waals surface area contributed by atoms with Crippen molar-refractivity contribution in [3.63, 3.8) is 0 Å². The number of aliphatic carboxylic acids is 1. The summed E-state index contributed by atoms with van der Waals surface area (Å²) in [6.45, 7) is 11.5. The fourth-order valence-corrected chi connectivity index (χ4v) is 11.9. The van der Waals surface area contributed by atoms with Crippen LogP contribution >= 0.6 is 0 Å². The number of carbonyl (C=O) groups is 13. The van der Waals surface area contributed by atoms with Crippen molar-refractivity contribution in [2.45, 2.75) is 182 Å². The summed E-state index contributed by atoms with van der Waals surface area (Å²) in [7, 11) is 0. The number of ether oxygens (including phenoxy) is 14. The number of anilines is 1. The van der Waals surface area contributed by atoms with Crippen molar-refractivity contribution in [3.05, 3.63) is 29.3 Å². The van der Waals surface area contributed by atoms with Crippen LogP contribution in [0, 0.1) is 16.7 Å². The molecule has 3 fully saturated rings. The van der Waals surface area contributed by atoms with Gasteiger partial charge in [-0.15, -0.1) is 0 Å². The molecule has 0 radical (unpaired) electrons. The monoisotopic (exact) mass is 1500 g/mol. The van der Waals surface area contributed by atoms with E-state index in [4.69, 9.17) is 71.4 Å². The SMILES string of the molecule is CC(=O)N[C@H]1C(OCCOCCOCCNC(=O)c2cc(NC(=O)CCCCCCCCC(=O)N3CC(C)(CO)C(C)(COC(=O)OCCC(=O)O)C3)cc(C(=O)NCCOCCOCCOC3C[C@H](COC(C)=O)[C@H](OC(C)=O)[C@H](OC(C)=O)[C@H]3NC(C)=O)c2)O[C@H](COC(C)=O)[C@H](OC(C)=O)[C@@H]1O. The van der Waals surface area contributed by atoms with Crippen LogP contribution in [0.5, 0.6) is 0 Å². The van der Waals surface area contributed by atoms with Crippen LogP contribution in [0.15, 0.2) is 18.2 Å². The van der Waals surface area contributed by atoms with Crippen molar-refractivity contribution in [2.24, 2.45) is 16.7 Å². The number of esters is 5. The molecule has 36 nitrogen and oxygen atoms in total. The molecular weight excluding hydrogens is 1390 g/mol. The Bertz CT molecular complexity index is 3030. The molecule has 1 aromatic carbocycles. The molecular formula is C69H106N6O30. The van der Waals surface area contributed by atoms with E-state index >= 15 is 0 Å². The Morgan fingerprint density at radius 1 is 0.533 bits per heavy atom. The number of rotatable bonds is 47. The van der Waals surface area contributed by atoms with Gasteiger partial charge in [0.25, 0.3) is 11.8 Å². The zero-order valence-corrected chi connectivity index (χ0v) is 61.3. The van der Waals surface area contributed by atoms with Gasteiger partial charge in [0.05, 0.1) is 97.8 Å². The van der Waals surface area contributed by atoms with Crippen LogP contribution in [0.25, 0.3) is 0 Å². The molecule has 0 aromatic heterocycles. The van der Waals surface area contributed by atoms with Gasteiger partial charge >= 0.3 is 42.0 Å². The first kappa shape index (κ1) is 89.2. The number of benzene rings is 1. The summed E-state index contributed by atoms with van der Waals surface area (Å²) in [6, 6.07) is 2.09. The number of nitrogens with zero attached hydrogens (tertiary/aromatic N) is 1. The molecule has 592 valence electrons. The van der Waals surface area contributed by atoms with Crippen molar-refractivity contribution in [3.8, 4) is 0 Å². The summed E-state index contributed by atoms with van der Waals surface area (Å²) in [6.07, 6.45) is -5.06. The van der Waals surface area contributed by atoms with Gasteiger partial charge in [-0.3, -0.25) is 57.5 Å². The van der Waals surface area contributed by atoms with Crippen molar-refractivity contribution < 1.29 is 144 Å². The van der Waals surface area contributed by atoms with Gasteiger partial charge in [-0.2, -0.15) is 0 Å². The van der Waals surface area contributed by atoms with Gasteiger partial charge in [0.1, 0.15) is 44.2 Å². The lowest BCUT2D eigenvalue weighted by Crippen LogP contribution is -2.65. The van der Waals surface area contributed by atoms with E-state index in [0.29, 0.717) is 19.3 Å². The number of amides is 6. The van der Waals surface area contributed by atoms with E-state index in [1.54, 1.807) is 18.7 Å². The Kier molecular flexibility index (Phi) is 39.6. The van der Waals surface area contributed by atoms with E-state index in [1.165, 1.54) is 45.9 Å². The lowest BCUT2D eigenvalue weighted by Gasteiger charge is -2.45. The van der Waals surface area contributed by atoms with Crippen LogP contribution in [-0.4, -0.2) is 278 Å². The van der Waals surface area contributed by atoms with Gasteiger partial charge in [0.15, 0.2) is 18.5 Å². The molecule has 6 amide bonds. The van der Waals surface area contributed by atoms with Gasteiger partial charge < -0.3 is 113 Å². The summed E-state index contributed by atoms with van der Waals surface area (Å²) in [5.74, 6) is -7.84. The molecule has 2 heterocycles. The highest BCUT2D eigenvalue weighted by atomic mass is 16.7. The van der Waals surface area contributed by atoms with Crippen LogP contribution in [0.3, 0.4) is 0 Å². The molecule has 8 N–H and O–H groups in total. The second kappa shape index (κ2) is 46.7. The van der Waals surface area contributed by atoms with E-state index in [0.717, 1.165) is 40.0 Å². The second-order valence-corrected chi connectivity index (χ2v) is 26.1. The fraction of sp³-hybridized carbons (Fsp3) is 0.725. The van der Waals surface area contributed by atoms with Gasteiger partial charge in [0.2, 0.25) is 23.6 Å². The minimum absolute atomic E-state index is 0.00120. The molecule has 3 aliphatic rings. The molecule has 2 saturated heterocycles. The van der Waals surface area contributed by atoms with Gasteiger partial charge in [-0.1, -0.05) is 39.5 Å². The third kappa shape index (κ3) is 32.6. The van der Waals surface area contributed by atoms with E-state index in [-0.39, 0.29) is 180 Å². The maximum atomic E-state index is 13.6. The van der Waals surface area contributed by atoms with E-state index in [1.807, 2.05) is 0 Å². The maximum Gasteiger partial charge on any atom is 0.508 e. The molecule has 0 spiro atoms. The smallest absolute Gasteiger partial charge is 0.481 e. The highest BCUT2D eigenvalue weighted by molar-refractivity contribution is 6.02. The number of carboxylic acids is 1. The third-order valence-electron chi connectivity index (χ3n) is 17.3. The van der Waals surface area contributed by atoms with Crippen molar-refractivity contribution in [1.82, 2.24) is 26.2 Å². The number of carboxylic acid groups (broad SMARTS) is 1. The van der Waals surface area contributed by atoms with Gasteiger partial charge in [-0.05, 0) is 37.5 Å². The fourth-order valence-electron chi connectivity index (χ4n) is 11.9. The van der Waals surface area contributed by atoms with Crippen molar-refractivity contribution in [1.29, 1.82) is 0 Å². The number of hydrogen-bond acceptors (Lipinski definition) is 29. The standard InChI is InChI=1S/C69H106N6O30/c1-42(77)72-58-53(35-51(36-99-44(3)79)61(102-46(5)81)63(58)104-48(7)83)96-30-28-94-26-24-92-22-19-70-64(89)49-32-50(65(90)71-20-23-93-25-27-95-29-31-97-66-59(73-43(2)78)60(88)62(103-47(6)82)54(105-66)37-100-45(4)80)34-52(33-49)74-55(84)16-14-12-10-11-13-15-17-56(85)75-38-68(8,40-76)69(9,39-75)41-101-67(91)98-21-18-57(86)87/h32-34,51,53-54,58-63,66,76,88H,10-31,35-41H2,1-9H3,(H,70,89)(H,71,90)(H,72,77)(H,73,78)(H,74,84)(H,86,87)/t51-,53?,54-,58+,59-,60-,61+,62+,63-,66?,68?,69?/m1/s1. The average molecular weight is 1500 g/mol. The predicted molar refractivity (Wildman–Crippen MR) is 363 cm³/mol. The number of carbonyl (C=O) groups excluding carboxylic acids is 12. The predicted octanol–water partition coefficient (Wildman–Crippen LogP) is 1.19. The molecule has 2 aliphatic heterocycles. The second-order valence-electron chi connectivity index (χ2n) is 26.1. The Balaban J connectivity index is 1.27. The van der Waals surface area contributed by atoms with Crippen molar-refractivity contribution >= 4 is 83.1 Å². The highest BCUT2D eigenvalue weighted by Gasteiger charge is 2.54. The minimum atomic E-state index is -1.50. The van der Waals surface area contributed by atoms with E-state index < -0.39 is 137 Å². The van der Waals surface area contributed by atoms with Crippen LogP contribution in [0.2, 0.25) is 0 Å². The van der Waals surface area contributed by atoms with Crippen LogP contribution in [-0.2, 0) is 114 Å².